The molecule has 1 N–H and O–H groups in total. The number of hydrogen-bond donors (Lipinski definition) is 1. The molecule has 0 aromatic carbocycles. The number of nitrogens with one attached hydrogen (secondary N) is 1. The molecule has 0 bridgehead atoms. The Hall–Kier alpha value is -0.0800. The largest absolute Gasteiger partial charge is 0.318 e. The average molecular weight is 162 g/mol. The number of hydrogen-bond acceptors (Lipinski definition) is 2. The minimum Gasteiger partial charge on any atom is -0.318 e. The molecule has 0 aliphatic heterocycles. The number of nitrogens with zero attached hydrogens (tertiary/aromatic N) is 1. The molecule has 0 saturated carbocycles. The van der Waals surface area contributed by atoms with Gasteiger partial charge >= 0.3 is 0 Å². The second-order valence-electron chi connectivity index (χ2n) is 1.91. The molecule has 72 valence electrons. The Labute approximate surface area is 73.0 Å². The molecule has 0 rings (SSSR count). The van der Waals surface area contributed by atoms with E-state index in [2.05, 4.69) is 24.3 Å². The lowest BCUT2D eigenvalue weighted by Crippen LogP contribution is -2.23. The fourth-order valence-electron chi connectivity index (χ4n) is 0.335. The monoisotopic (exact) mass is 162 g/mol. The van der Waals surface area contributed by atoms with Gasteiger partial charge in [-0.05, 0) is 21.1 Å². The molecule has 0 fully saturated rings. The molecule has 0 aromatic heterocycles. The van der Waals surface area contributed by atoms with Gasteiger partial charge in [-0.3, -0.25) is 0 Å². The van der Waals surface area contributed by atoms with Crippen molar-refractivity contribution in [1.29, 1.82) is 0 Å². The highest BCUT2D eigenvalue weighted by Gasteiger charge is 1.82. The highest BCUT2D eigenvalue weighted by atomic mass is 15.1. The van der Waals surface area contributed by atoms with Crippen LogP contribution in [-0.2, 0) is 0 Å². The van der Waals surface area contributed by atoms with Crippen LogP contribution in [0.1, 0.15) is 27.7 Å². The lowest BCUT2D eigenvalue weighted by molar-refractivity contribution is 0.407. The SMILES string of the molecule is CC.CC.CNCCN(C)C. The highest BCUT2D eigenvalue weighted by molar-refractivity contribution is 4.42. The second-order valence-corrected chi connectivity index (χ2v) is 1.91. The van der Waals surface area contributed by atoms with Crippen LogP contribution in [0.2, 0.25) is 0 Å². The predicted molar refractivity (Wildman–Crippen MR) is 55.2 cm³/mol. The smallest absolute Gasteiger partial charge is 0.0101 e. The Kier molecular flexibility index (Phi) is 35.1. The third kappa shape index (κ3) is 40.5. The second kappa shape index (κ2) is 22.5. The molecule has 0 aliphatic rings. The predicted octanol–water partition coefficient (Wildman–Crippen LogP) is 1.82. The van der Waals surface area contributed by atoms with E-state index in [1.807, 2.05) is 34.7 Å². The van der Waals surface area contributed by atoms with Gasteiger partial charge in [-0.25, -0.2) is 0 Å². The van der Waals surface area contributed by atoms with E-state index in [0.717, 1.165) is 13.1 Å². The summed E-state index contributed by atoms with van der Waals surface area (Å²) in [6.07, 6.45) is 0. The first kappa shape index (κ1) is 17.1. The summed E-state index contributed by atoms with van der Waals surface area (Å²) in [5, 5.41) is 3.06. The molecular weight excluding hydrogens is 136 g/mol. The first-order chi connectivity index (χ1) is 5.27. The maximum atomic E-state index is 3.06. The van der Waals surface area contributed by atoms with E-state index >= 15 is 0 Å². The van der Waals surface area contributed by atoms with Crippen LogP contribution in [0.15, 0.2) is 0 Å². The van der Waals surface area contributed by atoms with Gasteiger partial charge in [0.15, 0.2) is 0 Å². The van der Waals surface area contributed by atoms with Crippen LogP contribution in [-0.4, -0.2) is 39.1 Å². The molecule has 0 spiro atoms. The van der Waals surface area contributed by atoms with Gasteiger partial charge < -0.3 is 10.2 Å². The van der Waals surface area contributed by atoms with Crippen LogP contribution >= 0.6 is 0 Å². The van der Waals surface area contributed by atoms with Gasteiger partial charge in [-0.1, -0.05) is 27.7 Å². The molecule has 11 heavy (non-hydrogen) atoms. The summed E-state index contributed by atoms with van der Waals surface area (Å²) in [5.74, 6) is 0. The van der Waals surface area contributed by atoms with Crippen LogP contribution in [0.3, 0.4) is 0 Å². The van der Waals surface area contributed by atoms with Crippen LogP contribution in [0.25, 0.3) is 0 Å². The minimum absolute atomic E-state index is 1.08. The first-order valence-electron chi connectivity index (χ1n) is 4.56. The molecule has 0 aromatic rings. The molecule has 2 heteroatoms. The fourth-order valence-corrected chi connectivity index (χ4v) is 0.335. The Bertz CT molecular complexity index is 36.5. The normalized spacial score (nSPS) is 7.64. The summed E-state index contributed by atoms with van der Waals surface area (Å²) >= 11 is 0. The standard InChI is InChI=1S/C5H14N2.2C2H6/c1-6-4-5-7(2)3;2*1-2/h6H,4-5H2,1-3H3;2*1-2H3. The van der Waals surface area contributed by atoms with Crippen molar-refractivity contribution in [3.63, 3.8) is 0 Å². The Morgan fingerprint density at radius 2 is 1.36 bits per heavy atom. The summed E-state index contributed by atoms with van der Waals surface area (Å²) in [4.78, 5) is 2.15. The summed E-state index contributed by atoms with van der Waals surface area (Å²) in [5.41, 5.74) is 0. The van der Waals surface area contributed by atoms with Gasteiger partial charge in [-0.15, -0.1) is 0 Å². The maximum Gasteiger partial charge on any atom is 0.0101 e. The van der Waals surface area contributed by atoms with Crippen LogP contribution in [0.5, 0.6) is 0 Å². The number of rotatable bonds is 3. The molecule has 0 heterocycles. The van der Waals surface area contributed by atoms with E-state index in [1.165, 1.54) is 0 Å². The van der Waals surface area contributed by atoms with Gasteiger partial charge in [0.2, 0.25) is 0 Å². The van der Waals surface area contributed by atoms with Gasteiger partial charge in [0, 0.05) is 13.1 Å². The molecule has 2 nitrogen and oxygen atoms in total. The van der Waals surface area contributed by atoms with Crippen molar-refractivity contribution in [1.82, 2.24) is 10.2 Å². The van der Waals surface area contributed by atoms with E-state index in [4.69, 9.17) is 0 Å². The van der Waals surface area contributed by atoms with Crippen molar-refractivity contribution in [3.05, 3.63) is 0 Å². The van der Waals surface area contributed by atoms with Gasteiger partial charge in [0.05, 0.1) is 0 Å². The van der Waals surface area contributed by atoms with Gasteiger partial charge in [0.25, 0.3) is 0 Å². The lowest BCUT2D eigenvalue weighted by atomic mass is 10.6. The summed E-state index contributed by atoms with van der Waals surface area (Å²) < 4.78 is 0. The Morgan fingerprint density at radius 1 is 1.00 bits per heavy atom. The summed E-state index contributed by atoms with van der Waals surface area (Å²) in [6, 6.07) is 0. The van der Waals surface area contributed by atoms with Crippen molar-refractivity contribution >= 4 is 0 Å². The van der Waals surface area contributed by atoms with Gasteiger partial charge in [-0.2, -0.15) is 0 Å². The molecular formula is C9H26N2. The highest BCUT2D eigenvalue weighted by Crippen LogP contribution is 1.66. The van der Waals surface area contributed by atoms with E-state index in [-0.39, 0.29) is 0 Å². The zero-order chi connectivity index (χ0) is 9.70. The molecule has 0 unspecified atom stereocenters. The number of likely N-dealkylation sites (N-methyl/N-ethyl adjacent to an activating group) is 2. The van der Waals surface area contributed by atoms with Crippen LogP contribution in [0.4, 0.5) is 0 Å². The molecule has 0 amide bonds. The average Bonchev–Trinajstić information content (AvgIpc) is 2.08. The van der Waals surface area contributed by atoms with Crippen molar-refractivity contribution in [2.75, 3.05) is 34.2 Å². The Morgan fingerprint density at radius 3 is 1.45 bits per heavy atom. The van der Waals surface area contributed by atoms with Crippen molar-refractivity contribution in [2.45, 2.75) is 27.7 Å². The molecule has 0 radical (unpaired) electrons. The van der Waals surface area contributed by atoms with Crippen molar-refractivity contribution in [2.24, 2.45) is 0 Å². The van der Waals surface area contributed by atoms with E-state index in [0.29, 0.717) is 0 Å². The molecule has 0 atom stereocenters. The summed E-state index contributed by atoms with van der Waals surface area (Å²) in [7, 11) is 6.10. The van der Waals surface area contributed by atoms with Crippen molar-refractivity contribution < 1.29 is 0 Å². The zero-order valence-corrected chi connectivity index (χ0v) is 9.36. The third-order valence-electron chi connectivity index (χ3n) is 0.809. The fraction of sp³-hybridized carbons (Fsp3) is 1.00. The molecule has 0 aliphatic carbocycles. The van der Waals surface area contributed by atoms with Crippen LogP contribution in [0, 0.1) is 0 Å². The molecule has 0 saturated heterocycles. The van der Waals surface area contributed by atoms with E-state index in [1.54, 1.807) is 0 Å². The van der Waals surface area contributed by atoms with Gasteiger partial charge in [0.1, 0.15) is 0 Å². The summed E-state index contributed by atoms with van der Waals surface area (Å²) in [6.45, 7) is 10.2. The van der Waals surface area contributed by atoms with E-state index < -0.39 is 0 Å². The van der Waals surface area contributed by atoms with Crippen molar-refractivity contribution in [3.8, 4) is 0 Å². The Balaban J connectivity index is -0.000000138. The quantitative estimate of drug-likeness (QED) is 0.681. The zero-order valence-electron chi connectivity index (χ0n) is 9.36. The minimum atomic E-state index is 1.08. The van der Waals surface area contributed by atoms with E-state index in [9.17, 15) is 0 Å². The third-order valence-corrected chi connectivity index (χ3v) is 0.809. The first-order valence-corrected chi connectivity index (χ1v) is 4.56. The lowest BCUT2D eigenvalue weighted by Gasteiger charge is -2.06. The maximum absolute atomic E-state index is 3.06. The van der Waals surface area contributed by atoms with Crippen LogP contribution < -0.4 is 5.32 Å². The topological polar surface area (TPSA) is 15.3 Å².